The molecule has 2 heteroatoms. The van der Waals surface area contributed by atoms with Crippen LogP contribution in [0, 0.1) is 5.92 Å². The molecule has 2 heterocycles. The van der Waals surface area contributed by atoms with Gasteiger partial charge in [-0.2, -0.15) is 0 Å². The van der Waals surface area contributed by atoms with Crippen LogP contribution in [0.25, 0.3) is 0 Å². The largest absolute Gasteiger partial charge is 0.350 e. The lowest BCUT2D eigenvalue weighted by atomic mass is 10.0. The zero-order valence-corrected chi connectivity index (χ0v) is 5.67. The predicted octanol–water partition coefficient (Wildman–Crippen LogP) is 1.16. The first-order chi connectivity index (χ1) is 4.36. The average Bonchev–Trinajstić information content (AvgIpc) is 2.25. The van der Waals surface area contributed by atoms with E-state index in [9.17, 15) is 0 Å². The van der Waals surface area contributed by atoms with Crippen LogP contribution < -0.4 is 0 Å². The van der Waals surface area contributed by atoms with Gasteiger partial charge in [0.25, 0.3) is 0 Å². The minimum atomic E-state index is 0.128. The third-order valence-electron chi connectivity index (χ3n) is 2.18. The molecule has 0 amide bonds. The number of hydrogen-bond acceptors (Lipinski definition) is 2. The minimum absolute atomic E-state index is 0.128. The molecule has 0 radical (unpaired) electrons. The van der Waals surface area contributed by atoms with Gasteiger partial charge >= 0.3 is 0 Å². The fourth-order valence-corrected chi connectivity index (χ4v) is 1.51. The molecule has 2 bridgehead atoms. The van der Waals surface area contributed by atoms with Crippen molar-refractivity contribution in [2.24, 2.45) is 5.92 Å². The molecular formula is C7H12O2. The standard InChI is InChI=1S/C7H12O2/c1-5-2-3-6-4-8-7(5)9-6/h5-7H,2-4H2,1H3/t5-,6?,7+/m1/s1. The topological polar surface area (TPSA) is 18.5 Å². The highest BCUT2D eigenvalue weighted by molar-refractivity contribution is 4.76. The monoisotopic (exact) mass is 128 g/mol. The third-order valence-corrected chi connectivity index (χ3v) is 2.18. The number of fused-ring (bicyclic) bond motifs is 2. The van der Waals surface area contributed by atoms with E-state index in [0.717, 1.165) is 6.61 Å². The van der Waals surface area contributed by atoms with Crippen LogP contribution in [0.1, 0.15) is 19.8 Å². The Kier molecular flexibility index (Phi) is 1.24. The van der Waals surface area contributed by atoms with Gasteiger partial charge < -0.3 is 9.47 Å². The molecule has 0 aromatic carbocycles. The van der Waals surface area contributed by atoms with Crippen LogP contribution in [0.4, 0.5) is 0 Å². The number of rotatable bonds is 0. The lowest BCUT2D eigenvalue weighted by Crippen LogP contribution is -2.25. The molecule has 0 spiro atoms. The summed E-state index contributed by atoms with van der Waals surface area (Å²) >= 11 is 0. The fourth-order valence-electron chi connectivity index (χ4n) is 1.51. The molecule has 0 N–H and O–H groups in total. The summed E-state index contributed by atoms with van der Waals surface area (Å²) in [5, 5.41) is 0. The first-order valence-electron chi connectivity index (χ1n) is 3.63. The number of hydrogen-bond donors (Lipinski definition) is 0. The molecule has 0 aliphatic carbocycles. The summed E-state index contributed by atoms with van der Waals surface area (Å²) in [4.78, 5) is 0. The third kappa shape index (κ3) is 0.864. The van der Waals surface area contributed by atoms with E-state index in [-0.39, 0.29) is 6.29 Å². The summed E-state index contributed by atoms with van der Waals surface area (Å²) in [6, 6.07) is 0. The van der Waals surface area contributed by atoms with Crippen LogP contribution in [0.5, 0.6) is 0 Å². The second kappa shape index (κ2) is 1.96. The van der Waals surface area contributed by atoms with Crippen LogP contribution in [0.2, 0.25) is 0 Å². The van der Waals surface area contributed by atoms with Crippen LogP contribution in [-0.2, 0) is 9.47 Å². The Morgan fingerprint density at radius 1 is 1.33 bits per heavy atom. The Bertz CT molecular complexity index is 113. The van der Waals surface area contributed by atoms with E-state index in [1.54, 1.807) is 0 Å². The summed E-state index contributed by atoms with van der Waals surface area (Å²) in [6.07, 6.45) is 3.02. The Morgan fingerprint density at radius 2 is 2.22 bits per heavy atom. The van der Waals surface area contributed by atoms with Crippen molar-refractivity contribution < 1.29 is 9.47 Å². The fraction of sp³-hybridized carbons (Fsp3) is 1.00. The highest BCUT2D eigenvalue weighted by Gasteiger charge is 2.34. The van der Waals surface area contributed by atoms with Crippen molar-refractivity contribution in [3.05, 3.63) is 0 Å². The maximum absolute atomic E-state index is 5.49. The van der Waals surface area contributed by atoms with Crippen molar-refractivity contribution in [3.63, 3.8) is 0 Å². The molecule has 2 aliphatic rings. The molecule has 9 heavy (non-hydrogen) atoms. The van der Waals surface area contributed by atoms with Crippen LogP contribution in [0.3, 0.4) is 0 Å². The van der Waals surface area contributed by atoms with Crippen molar-refractivity contribution >= 4 is 0 Å². The minimum Gasteiger partial charge on any atom is -0.350 e. The van der Waals surface area contributed by atoms with E-state index >= 15 is 0 Å². The van der Waals surface area contributed by atoms with E-state index < -0.39 is 0 Å². The van der Waals surface area contributed by atoms with Gasteiger partial charge in [-0.1, -0.05) is 6.92 Å². The lowest BCUT2D eigenvalue weighted by Gasteiger charge is -2.23. The number of ether oxygens (including phenoxy) is 2. The van der Waals surface area contributed by atoms with Gasteiger partial charge in [0.1, 0.15) is 0 Å². The molecular weight excluding hydrogens is 116 g/mol. The molecule has 52 valence electrons. The van der Waals surface area contributed by atoms with Gasteiger partial charge in [-0.3, -0.25) is 0 Å². The van der Waals surface area contributed by atoms with Crippen LogP contribution in [0.15, 0.2) is 0 Å². The van der Waals surface area contributed by atoms with E-state index in [0.29, 0.717) is 12.0 Å². The van der Waals surface area contributed by atoms with E-state index in [2.05, 4.69) is 6.92 Å². The van der Waals surface area contributed by atoms with Crippen molar-refractivity contribution in [2.45, 2.75) is 32.2 Å². The zero-order valence-electron chi connectivity index (χ0n) is 5.67. The van der Waals surface area contributed by atoms with Crippen molar-refractivity contribution in [1.82, 2.24) is 0 Å². The smallest absolute Gasteiger partial charge is 0.160 e. The molecule has 2 rings (SSSR count). The highest BCUT2D eigenvalue weighted by Crippen LogP contribution is 2.30. The summed E-state index contributed by atoms with van der Waals surface area (Å²) in [5.41, 5.74) is 0. The van der Waals surface area contributed by atoms with Crippen molar-refractivity contribution in [3.8, 4) is 0 Å². The Balaban J connectivity index is 2.05. The molecule has 1 unspecified atom stereocenters. The first kappa shape index (κ1) is 5.69. The Labute approximate surface area is 55.1 Å². The van der Waals surface area contributed by atoms with Gasteiger partial charge in [-0.25, -0.2) is 0 Å². The van der Waals surface area contributed by atoms with E-state index in [1.807, 2.05) is 0 Å². The van der Waals surface area contributed by atoms with Gasteiger partial charge in [0.15, 0.2) is 6.29 Å². The van der Waals surface area contributed by atoms with E-state index in [1.165, 1.54) is 12.8 Å². The second-order valence-electron chi connectivity index (χ2n) is 3.01. The zero-order chi connectivity index (χ0) is 6.27. The first-order valence-corrected chi connectivity index (χ1v) is 3.63. The summed E-state index contributed by atoms with van der Waals surface area (Å²) < 4.78 is 10.9. The quantitative estimate of drug-likeness (QED) is 0.487. The molecule has 3 atom stereocenters. The van der Waals surface area contributed by atoms with Gasteiger partial charge in [0.2, 0.25) is 0 Å². The SMILES string of the molecule is C[C@@H]1CCC2CO[C@H]1O2. The van der Waals surface area contributed by atoms with Crippen LogP contribution in [-0.4, -0.2) is 19.0 Å². The molecule has 2 nitrogen and oxygen atoms in total. The average molecular weight is 128 g/mol. The summed E-state index contributed by atoms with van der Waals surface area (Å²) in [6.45, 7) is 3.02. The predicted molar refractivity (Wildman–Crippen MR) is 33.0 cm³/mol. The van der Waals surface area contributed by atoms with Crippen LogP contribution >= 0.6 is 0 Å². The van der Waals surface area contributed by atoms with Gasteiger partial charge in [-0.15, -0.1) is 0 Å². The summed E-state index contributed by atoms with van der Waals surface area (Å²) in [7, 11) is 0. The van der Waals surface area contributed by atoms with Gasteiger partial charge in [-0.05, 0) is 12.8 Å². The molecule has 2 saturated heterocycles. The maximum atomic E-state index is 5.49. The lowest BCUT2D eigenvalue weighted by molar-refractivity contribution is -0.115. The van der Waals surface area contributed by atoms with Gasteiger partial charge in [0.05, 0.1) is 12.7 Å². The molecule has 0 aromatic rings. The molecule has 2 aliphatic heterocycles. The van der Waals surface area contributed by atoms with Crippen molar-refractivity contribution in [2.75, 3.05) is 6.61 Å². The Hall–Kier alpha value is -0.0800. The normalized spacial score (nSPS) is 49.7. The summed E-state index contributed by atoms with van der Waals surface area (Å²) in [5.74, 6) is 0.615. The van der Waals surface area contributed by atoms with Gasteiger partial charge in [0, 0.05) is 5.92 Å². The van der Waals surface area contributed by atoms with E-state index in [4.69, 9.17) is 9.47 Å². The maximum Gasteiger partial charge on any atom is 0.160 e. The second-order valence-corrected chi connectivity index (χ2v) is 3.01. The molecule has 0 saturated carbocycles. The highest BCUT2D eigenvalue weighted by atomic mass is 16.7. The molecule has 2 fully saturated rings. The van der Waals surface area contributed by atoms with Crippen molar-refractivity contribution in [1.29, 1.82) is 0 Å². The Morgan fingerprint density at radius 3 is 3.00 bits per heavy atom. The molecule has 0 aromatic heterocycles.